The zero-order valence-electron chi connectivity index (χ0n) is 23.2. The molecule has 1 saturated heterocycles. The number of anilines is 1. The van der Waals surface area contributed by atoms with Crippen molar-refractivity contribution in [2.75, 3.05) is 25.2 Å². The van der Waals surface area contributed by atoms with E-state index in [1.54, 1.807) is 24.3 Å². The molecule has 2 atom stereocenters. The molecule has 3 aromatic carbocycles. The first kappa shape index (κ1) is 27.9. The van der Waals surface area contributed by atoms with Gasteiger partial charge in [-0.15, -0.1) is 10.2 Å². The van der Waals surface area contributed by atoms with Gasteiger partial charge in [0.2, 0.25) is 11.8 Å². The molecule has 1 aliphatic rings. The maximum Gasteiger partial charge on any atom is 0.249 e. The second kappa shape index (κ2) is 12.3. The number of benzene rings is 3. The minimum Gasteiger partial charge on any atom is -0.494 e. The molecule has 220 valence electrons. The predicted octanol–water partition coefficient (Wildman–Crippen LogP) is 2.62. The monoisotopic (exact) mass is 585 g/mol. The van der Waals surface area contributed by atoms with Crippen LogP contribution in [0.3, 0.4) is 0 Å². The van der Waals surface area contributed by atoms with Crippen LogP contribution in [-0.4, -0.2) is 73.4 Å². The van der Waals surface area contributed by atoms with Gasteiger partial charge in [0.15, 0.2) is 0 Å². The van der Waals surface area contributed by atoms with Crippen molar-refractivity contribution in [3.05, 3.63) is 84.4 Å². The second-order valence-corrected chi connectivity index (χ2v) is 9.94. The highest BCUT2D eigenvalue weighted by atomic mass is 19.1. The summed E-state index contributed by atoms with van der Waals surface area (Å²) in [6.45, 7) is 0.675. The fourth-order valence-corrected chi connectivity index (χ4v) is 5.13. The lowest BCUT2D eigenvalue weighted by atomic mass is 10.0. The van der Waals surface area contributed by atoms with Crippen LogP contribution < -0.4 is 15.0 Å². The van der Waals surface area contributed by atoms with E-state index < -0.39 is 23.7 Å². The number of nitrogens with zero attached hydrogens (tertiary/aromatic N) is 8. The fraction of sp³-hybridized carbons (Fsp3) is 0.276. The third kappa shape index (κ3) is 5.90. The first-order chi connectivity index (χ1) is 21.0. The van der Waals surface area contributed by atoms with Crippen molar-refractivity contribution in [2.45, 2.75) is 31.5 Å². The molecule has 6 rings (SSSR count). The van der Waals surface area contributed by atoms with Gasteiger partial charge < -0.3 is 14.8 Å². The van der Waals surface area contributed by atoms with Crippen LogP contribution in [0, 0.1) is 5.82 Å². The van der Waals surface area contributed by atoms with Crippen LogP contribution in [0.25, 0.3) is 16.7 Å². The molecule has 1 N–H and O–H groups in total. The number of nitrogens with one attached hydrogen (secondary N) is 1. The summed E-state index contributed by atoms with van der Waals surface area (Å²) in [4.78, 5) is 29.6. The van der Waals surface area contributed by atoms with Gasteiger partial charge in [0, 0.05) is 24.9 Å². The molecule has 13 nitrogen and oxygen atoms in total. The predicted molar refractivity (Wildman–Crippen MR) is 152 cm³/mol. The Morgan fingerprint density at radius 2 is 1.98 bits per heavy atom. The van der Waals surface area contributed by atoms with E-state index in [9.17, 15) is 14.0 Å². The molecule has 5 aromatic rings. The highest BCUT2D eigenvalue weighted by Gasteiger charge is 2.34. The van der Waals surface area contributed by atoms with Crippen LogP contribution in [-0.2, 0) is 20.9 Å². The molecule has 0 unspecified atom stereocenters. The Hall–Kier alpha value is -5.24. The molecule has 0 spiro atoms. The Kier molecular flexibility index (Phi) is 8.00. The van der Waals surface area contributed by atoms with Gasteiger partial charge in [-0.05, 0) is 65.2 Å². The molecule has 2 aromatic heterocycles. The van der Waals surface area contributed by atoms with E-state index in [2.05, 4.69) is 31.2 Å². The SMILES string of the molecule is COc1cc(N(C(=O)Cn2nnc3ccccc32)[C@H](C(=O)NC[C@H]2CCCO2)c2ccc(F)cc2)ccc1-n1cnnn1. The molecule has 2 amide bonds. The van der Waals surface area contributed by atoms with E-state index >= 15 is 0 Å². The molecule has 14 heteroatoms. The number of carbonyl (C=O) groups excluding carboxylic acids is 2. The number of ether oxygens (including phenoxy) is 2. The minimum atomic E-state index is -1.17. The lowest BCUT2D eigenvalue weighted by Crippen LogP contribution is -2.46. The molecule has 0 bridgehead atoms. The summed E-state index contributed by atoms with van der Waals surface area (Å²) in [6.07, 6.45) is 3.01. The Bertz CT molecular complexity index is 1720. The number of hydrogen-bond acceptors (Lipinski definition) is 9. The van der Waals surface area contributed by atoms with Crippen molar-refractivity contribution in [1.82, 2.24) is 40.5 Å². The van der Waals surface area contributed by atoms with Gasteiger partial charge in [-0.25, -0.2) is 9.07 Å². The standard InChI is InChI=1S/C29H28FN9O4/c1-42-26-15-21(12-13-25(26)38-18-32-34-36-38)39(27(40)17-37-24-7-3-2-6-23(24)33-35-37)28(19-8-10-20(30)11-9-19)29(41)31-16-22-5-4-14-43-22/h2-3,6-13,15,18,22,28H,4-5,14,16-17H2,1H3,(H,31,41)/t22-,28+/m1/s1. The molecule has 0 saturated carbocycles. The summed E-state index contributed by atoms with van der Waals surface area (Å²) < 4.78 is 28.2. The van der Waals surface area contributed by atoms with E-state index in [0.717, 1.165) is 12.8 Å². The van der Waals surface area contributed by atoms with E-state index in [1.807, 2.05) is 18.2 Å². The van der Waals surface area contributed by atoms with Crippen molar-refractivity contribution >= 4 is 28.5 Å². The number of aromatic nitrogens is 7. The number of rotatable bonds is 10. The molecule has 0 aliphatic carbocycles. The van der Waals surface area contributed by atoms with E-state index in [-0.39, 0.29) is 19.2 Å². The van der Waals surface area contributed by atoms with Gasteiger partial charge in [-0.3, -0.25) is 14.5 Å². The number of para-hydroxylation sites is 1. The molecule has 3 heterocycles. The van der Waals surface area contributed by atoms with Gasteiger partial charge in [0.1, 0.15) is 41.7 Å². The summed E-state index contributed by atoms with van der Waals surface area (Å²) in [6, 6.07) is 16.5. The minimum absolute atomic E-state index is 0.126. The molecular weight excluding hydrogens is 557 g/mol. The third-order valence-electron chi connectivity index (χ3n) is 7.23. The molecule has 1 aliphatic heterocycles. The zero-order chi connectivity index (χ0) is 29.8. The first-order valence-corrected chi connectivity index (χ1v) is 13.7. The summed E-state index contributed by atoms with van der Waals surface area (Å²) >= 11 is 0. The number of methoxy groups -OCH3 is 1. The highest BCUT2D eigenvalue weighted by molar-refractivity contribution is 6.01. The van der Waals surface area contributed by atoms with E-state index in [4.69, 9.17) is 9.47 Å². The summed E-state index contributed by atoms with van der Waals surface area (Å²) in [7, 11) is 1.48. The van der Waals surface area contributed by atoms with Crippen molar-refractivity contribution in [3.63, 3.8) is 0 Å². The summed E-state index contributed by atoms with van der Waals surface area (Å²) in [5.74, 6) is -1.04. The zero-order valence-corrected chi connectivity index (χ0v) is 23.2. The van der Waals surface area contributed by atoms with Crippen LogP contribution >= 0.6 is 0 Å². The fourth-order valence-electron chi connectivity index (χ4n) is 5.13. The third-order valence-corrected chi connectivity index (χ3v) is 7.23. The van der Waals surface area contributed by atoms with Gasteiger partial charge in [0.25, 0.3) is 0 Å². The number of tetrazole rings is 1. The molecular formula is C29H28FN9O4. The maximum absolute atomic E-state index is 14.3. The number of amides is 2. The molecule has 0 radical (unpaired) electrons. The van der Waals surface area contributed by atoms with E-state index in [0.29, 0.717) is 40.3 Å². The van der Waals surface area contributed by atoms with Gasteiger partial charge in [-0.2, -0.15) is 4.68 Å². The van der Waals surface area contributed by atoms with Crippen molar-refractivity contribution in [1.29, 1.82) is 0 Å². The Morgan fingerprint density at radius 1 is 1.14 bits per heavy atom. The maximum atomic E-state index is 14.3. The van der Waals surface area contributed by atoms with Crippen molar-refractivity contribution < 1.29 is 23.5 Å². The Morgan fingerprint density at radius 3 is 2.72 bits per heavy atom. The second-order valence-electron chi connectivity index (χ2n) is 9.94. The average Bonchev–Trinajstić information content (AvgIpc) is 3.82. The van der Waals surface area contributed by atoms with E-state index in [1.165, 1.54) is 52.0 Å². The summed E-state index contributed by atoms with van der Waals surface area (Å²) in [5, 5.41) is 22.6. The highest BCUT2D eigenvalue weighted by Crippen LogP contribution is 2.34. The molecule has 43 heavy (non-hydrogen) atoms. The van der Waals surface area contributed by atoms with Crippen molar-refractivity contribution in [3.8, 4) is 11.4 Å². The molecule has 1 fully saturated rings. The van der Waals surface area contributed by atoms with Gasteiger partial charge in [0.05, 0.1) is 18.7 Å². The van der Waals surface area contributed by atoms with Crippen LogP contribution in [0.15, 0.2) is 73.1 Å². The number of carbonyl (C=O) groups is 2. The topological polar surface area (TPSA) is 142 Å². The number of fused-ring (bicyclic) bond motifs is 1. The van der Waals surface area contributed by atoms with Crippen LogP contribution in [0.1, 0.15) is 24.4 Å². The summed E-state index contributed by atoms with van der Waals surface area (Å²) in [5.41, 5.74) is 2.56. The quantitative estimate of drug-likeness (QED) is 0.262. The van der Waals surface area contributed by atoms with Crippen LogP contribution in [0.5, 0.6) is 5.75 Å². The lowest BCUT2D eigenvalue weighted by molar-refractivity contribution is -0.127. The van der Waals surface area contributed by atoms with Gasteiger partial charge in [-0.1, -0.05) is 29.5 Å². The largest absolute Gasteiger partial charge is 0.494 e. The van der Waals surface area contributed by atoms with Gasteiger partial charge >= 0.3 is 0 Å². The first-order valence-electron chi connectivity index (χ1n) is 13.7. The number of halogens is 1. The Labute approximate surface area is 245 Å². The average molecular weight is 586 g/mol. The van der Waals surface area contributed by atoms with Crippen molar-refractivity contribution in [2.24, 2.45) is 0 Å². The van der Waals surface area contributed by atoms with Crippen LogP contribution in [0.4, 0.5) is 10.1 Å². The normalized spacial score (nSPS) is 15.3. The lowest BCUT2D eigenvalue weighted by Gasteiger charge is -2.32. The number of hydrogen-bond donors (Lipinski definition) is 1. The Balaban J connectivity index is 1.43. The smallest absolute Gasteiger partial charge is 0.249 e. The van der Waals surface area contributed by atoms with Crippen LogP contribution in [0.2, 0.25) is 0 Å².